The molecule has 0 aromatic rings. The van der Waals surface area contributed by atoms with Crippen LogP contribution in [-0.4, -0.2) is 64.1 Å². The highest BCUT2D eigenvalue weighted by molar-refractivity contribution is 4.85. The van der Waals surface area contributed by atoms with Crippen molar-refractivity contribution in [2.45, 2.75) is 38.1 Å². The van der Waals surface area contributed by atoms with Crippen molar-refractivity contribution in [3.8, 4) is 0 Å². The molecule has 0 spiro atoms. The Morgan fingerprint density at radius 1 is 1.11 bits per heavy atom. The molecule has 0 amide bonds. The van der Waals surface area contributed by atoms with E-state index in [4.69, 9.17) is 9.47 Å². The van der Waals surface area contributed by atoms with Gasteiger partial charge in [-0.1, -0.05) is 0 Å². The number of ether oxygens (including phenoxy) is 2. The first-order valence-corrected chi connectivity index (χ1v) is 7.92. The molecule has 1 atom stereocenters. The van der Waals surface area contributed by atoms with E-state index in [1.165, 1.54) is 51.9 Å². The van der Waals surface area contributed by atoms with Crippen LogP contribution in [0.1, 0.15) is 32.1 Å². The fourth-order valence-corrected chi connectivity index (χ4v) is 3.33. The number of likely N-dealkylation sites (tertiary alicyclic amines) is 1. The van der Waals surface area contributed by atoms with E-state index in [1.54, 1.807) is 7.11 Å². The average Bonchev–Trinajstić information content (AvgIpc) is 2.97. The zero-order chi connectivity index (χ0) is 13.3. The van der Waals surface area contributed by atoms with Crippen LogP contribution < -0.4 is 5.32 Å². The fraction of sp³-hybridized carbons (Fsp3) is 1.00. The van der Waals surface area contributed by atoms with Gasteiger partial charge in [-0.05, 0) is 57.7 Å². The topological polar surface area (TPSA) is 33.7 Å². The maximum atomic E-state index is 5.51. The number of piperidine rings is 1. The molecule has 4 nitrogen and oxygen atoms in total. The van der Waals surface area contributed by atoms with Crippen molar-refractivity contribution in [2.75, 3.05) is 53.1 Å². The number of hydrogen-bond acceptors (Lipinski definition) is 4. The van der Waals surface area contributed by atoms with Gasteiger partial charge < -0.3 is 19.7 Å². The Morgan fingerprint density at radius 3 is 2.63 bits per heavy atom. The van der Waals surface area contributed by atoms with Crippen molar-refractivity contribution in [1.29, 1.82) is 0 Å². The molecule has 0 aromatic heterocycles. The third kappa shape index (κ3) is 5.38. The third-order valence-corrected chi connectivity index (χ3v) is 4.49. The smallest absolute Gasteiger partial charge is 0.0700 e. The molecule has 0 radical (unpaired) electrons. The van der Waals surface area contributed by atoms with E-state index in [9.17, 15) is 0 Å². The Balaban J connectivity index is 1.49. The van der Waals surface area contributed by atoms with Crippen LogP contribution in [0.25, 0.3) is 0 Å². The predicted octanol–water partition coefficient (Wildman–Crippen LogP) is 1.50. The molecule has 1 N–H and O–H groups in total. The zero-order valence-electron chi connectivity index (χ0n) is 12.4. The van der Waals surface area contributed by atoms with Crippen molar-refractivity contribution >= 4 is 0 Å². The van der Waals surface area contributed by atoms with Gasteiger partial charge in [0.2, 0.25) is 0 Å². The van der Waals surface area contributed by atoms with Crippen LogP contribution in [0.5, 0.6) is 0 Å². The van der Waals surface area contributed by atoms with Crippen molar-refractivity contribution in [1.82, 2.24) is 10.2 Å². The summed E-state index contributed by atoms with van der Waals surface area (Å²) in [5, 5.41) is 3.66. The fourth-order valence-electron chi connectivity index (χ4n) is 3.33. The molecule has 0 aliphatic carbocycles. The van der Waals surface area contributed by atoms with E-state index in [0.29, 0.717) is 6.61 Å². The molecule has 0 aromatic carbocycles. The van der Waals surface area contributed by atoms with Crippen molar-refractivity contribution < 1.29 is 9.47 Å². The predicted molar refractivity (Wildman–Crippen MR) is 77.5 cm³/mol. The van der Waals surface area contributed by atoms with Gasteiger partial charge in [0.05, 0.1) is 13.2 Å². The minimum absolute atomic E-state index is 0.708. The quantitative estimate of drug-likeness (QED) is 0.678. The molecule has 2 aliphatic rings. The summed E-state index contributed by atoms with van der Waals surface area (Å²) in [6.07, 6.45) is 6.68. The number of methoxy groups -OCH3 is 1. The monoisotopic (exact) mass is 270 g/mol. The first-order chi connectivity index (χ1) is 9.40. The Hall–Kier alpha value is -0.160. The maximum absolute atomic E-state index is 5.51. The summed E-state index contributed by atoms with van der Waals surface area (Å²) >= 11 is 0. The molecule has 2 heterocycles. The maximum Gasteiger partial charge on any atom is 0.0700 e. The lowest BCUT2D eigenvalue weighted by molar-refractivity contribution is 0.0624. The molecule has 112 valence electrons. The van der Waals surface area contributed by atoms with Gasteiger partial charge in [0.15, 0.2) is 0 Å². The van der Waals surface area contributed by atoms with Gasteiger partial charge in [0.25, 0.3) is 0 Å². The molecular weight excluding hydrogens is 240 g/mol. The SMILES string of the molecule is COCCOCCCN1CCC(C2CCCN2)CC1. The lowest BCUT2D eigenvalue weighted by Crippen LogP contribution is -2.41. The number of rotatable bonds is 8. The molecule has 0 bridgehead atoms. The second-order valence-corrected chi connectivity index (χ2v) is 5.84. The first-order valence-electron chi connectivity index (χ1n) is 7.92. The van der Waals surface area contributed by atoms with Gasteiger partial charge in [-0.3, -0.25) is 0 Å². The molecule has 0 saturated carbocycles. The van der Waals surface area contributed by atoms with Crippen LogP contribution in [0.3, 0.4) is 0 Å². The third-order valence-electron chi connectivity index (χ3n) is 4.49. The summed E-state index contributed by atoms with van der Waals surface area (Å²) in [4.78, 5) is 2.60. The minimum Gasteiger partial charge on any atom is -0.382 e. The van der Waals surface area contributed by atoms with Crippen molar-refractivity contribution in [3.05, 3.63) is 0 Å². The number of nitrogens with zero attached hydrogens (tertiary/aromatic N) is 1. The van der Waals surface area contributed by atoms with E-state index in [0.717, 1.165) is 31.6 Å². The highest BCUT2D eigenvalue weighted by Gasteiger charge is 2.27. The Bertz CT molecular complexity index is 224. The summed E-state index contributed by atoms with van der Waals surface area (Å²) in [5.41, 5.74) is 0. The molecule has 2 rings (SSSR count). The van der Waals surface area contributed by atoms with Gasteiger partial charge in [0, 0.05) is 26.3 Å². The second kappa shape index (κ2) is 8.90. The molecule has 4 heteroatoms. The average molecular weight is 270 g/mol. The Morgan fingerprint density at radius 2 is 1.95 bits per heavy atom. The summed E-state index contributed by atoms with van der Waals surface area (Å²) in [6.45, 7) is 7.29. The number of hydrogen-bond donors (Lipinski definition) is 1. The van der Waals surface area contributed by atoms with E-state index in [2.05, 4.69) is 10.2 Å². The van der Waals surface area contributed by atoms with Crippen molar-refractivity contribution in [3.63, 3.8) is 0 Å². The summed E-state index contributed by atoms with van der Waals surface area (Å²) in [6, 6.07) is 0.819. The van der Waals surface area contributed by atoms with E-state index < -0.39 is 0 Å². The minimum atomic E-state index is 0.708. The zero-order valence-corrected chi connectivity index (χ0v) is 12.4. The van der Waals surface area contributed by atoms with E-state index >= 15 is 0 Å². The normalized spacial score (nSPS) is 26.1. The Labute approximate surface area is 117 Å². The molecule has 2 aliphatic heterocycles. The highest BCUT2D eigenvalue weighted by Crippen LogP contribution is 2.25. The van der Waals surface area contributed by atoms with Gasteiger partial charge in [-0.15, -0.1) is 0 Å². The van der Waals surface area contributed by atoms with Crippen LogP contribution in [0.4, 0.5) is 0 Å². The van der Waals surface area contributed by atoms with Crippen LogP contribution in [0, 0.1) is 5.92 Å². The van der Waals surface area contributed by atoms with Gasteiger partial charge in [-0.25, -0.2) is 0 Å². The molecule has 2 fully saturated rings. The summed E-state index contributed by atoms with van der Waals surface area (Å²) in [7, 11) is 1.71. The lowest BCUT2D eigenvalue weighted by Gasteiger charge is -2.34. The first kappa shape index (κ1) is 15.2. The Kier molecular flexibility index (Phi) is 7.14. The second-order valence-electron chi connectivity index (χ2n) is 5.84. The van der Waals surface area contributed by atoms with Crippen LogP contribution in [-0.2, 0) is 9.47 Å². The molecule has 2 saturated heterocycles. The largest absolute Gasteiger partial charge is 0.382 e. The van der Waals surface area contributed by atoms with Gasteiger partial charge >= 0.3 is 0 Å². The van der Waals surface area contributed by atoms with Gasteiger partial charge in [-0.2, -0.15) is 0 Å². The standard InChI is InChI=1S/C15H30N2O2/c1-18-12-13-19-11-3-8-17-9-5-14(6-10-17)15-4-2-7-16-15/h14-16H,2-13H2,1H3. The molecule has 1 unspecified atom stereocenters. The molecular formula is C15H30N2O2. The summed E-state index contributed by atoms with van der Waals surface area (Å²) in [5.74, 6) is 0.928. The number of nitrogens with one attached hydrogen (secondary N) is 1. The van der Waals surface area contributed by atoms with E-state index in [1.807, 2.05) is 0 Å². The lowest BCUT2D eigenvalue weighted by atomic mass is 9.88. The van der Waals surface area contributed by atoms with Crippen LogP contribution in [0.15, 0.2) is 0 Å². The van der Waals surface area contributed by atoms with Crippen molar-refractivity contribution in [2.24, 2.45) is 5.92 Å². The van der Waals surface area contributed by atoms with E-state index in [-0.39, 0.29) is 0 Å². The van der Waals surface area contributed by atoms with Gasteiger partial charge in [0.1, 0.15) is 0 Å². The summed E-state index contributed by atoms with van der Waals surface area (Å²) < 4.78 is 10.5. The van der Waals surface area contributed by atoms with Crippen LogP contribution in [0.2, 0.25) is 0 Å². The highest BCUT2D eigenvalue weighted by atomic mass is 16.5. The molecule has 19 heavy (non-hydrogen) atoms. The van der Waals surface area contributed by atoms with Crippen LogP contribution >= 0.6 is 0 Å².